The van der Waals surface area contributed by atoms with E-state index in [1.165, 1.54) is 23.9 Å². The van der Waals surface area contributed by atoms with Crippen LogP contribution in [-0.2, 0) is 14.3 Å². The number of thioether (sulfide) groups is 1. The minimum Gasteiger partial charge on any atom is -0.348 e. The molecule has 5 nitrogen and oxygen atoms in total. The summed E-state index contributed by atoms with van der Waals surface area (Å²) < 4.78 is 24.3. The monoisotopic (exact) mass is 406 g/mol. The third-order valence-electron chi connectivity index (χ3n) is 6.70. The molecule has 7 heteroatoms. The number of hydrogen-bond acceptors (Lipinski definition) is 5. The van der Waals surface area contributed by atoms with Crippen LogP contribution in [0.25, 0.3) is 0 Å². The maximum atomic E-state index is 13.2. The van der Waals surface area contributed by atoms with Gasteiger partial charge in [-0.05, 0) is 49.8 Å². The number of hydrogen-bond donors (Lipinski definition) is 1. The number of carbonyl (C=O) groups excluding carboxylic acids is 1. The molecular weight excluding hydrogens is 379 g/mol. The predicted molar refractivity (Wildman–Crippen MR) is 108 cm³/mol. The molecule has 0 aromatic heterocycles. The summed E-state index contributed by atoms with van der Waals surface area (Å²) in [5.41, 5.74) is 0.748. The van der Waals surface area contributed by atoms with Crippen molar-refractivity contribution in [2.75, 3.05) is 13.2 Å². The summed E-state index contributed by atoms with van der Waals surface area (Å²) >= 11 is 1.52. The first-order valence-electron chi connectivity index (χ1n) is 9.87. The lowest BCUT2D eigenvalue weighted by Crippen LogP contribution is -2.52. The summed E-state index contributed by atoms with van der Waals surface area (Å²) in [6.45, 7) is 7.46. The molecule has 2 saturated heterocycles. The Bertz CT molecular complexity index is 781. The van der Waals surface area contributed by atoms with Gasteiger partial charge < -0.3 is 14.8 Å². The third-order valence-corrected chi connectivity index (χ3v) is 8.19. The van der Waals surface area contributed by atoms with Crippen molar-refractivity contribution >= 4 is 22.8 Å². The Morgan fingerprint density at radius 3 is 2.32 bits per heavy atom. The summed E-state index contributed by atoms with van der Waals surface area (Å²) in [5, 5.41) is 3.62. The number of nitrogens with zero attached hydrogens (tertiary/aromatic N) is 1. The Morgan fingerprint density at radius 1 is 1.11 bits per heavy atom. The molecule has 3 fully saturated rings. The van der Waals surface area contributed by atoms with Gasteiger partial charge in [0.25, 0.3) is 0 Å². The Labute approximate surface area is 169 Å². The molecule has 1 aliphatic carbocycles. The van der Waals surface area contributed by atoms with Gasteiger partial charge >= 0.3 is 0 Å². The highest BCUT2D eigenvalue weighted by Crippen LogP contribution is 2.56. The van der Waals surface area contributed by atoms with E-state index in [1.54, 1.807) is 12.1 Å². The van der Waals surface area contributed by atoms with Crippen LogP contribution in [0.2, 0.25) is 0 Å². The first kappa shape index (κ1) is 19.9. The molecule has 4 rings (SSSR count). The first-order valence-corrected chi connectivity index (χ1v) is 10.7. The van der Waals surface area contributed by atoms with E-state index in [0.29, 0.717) is 18.4 Å². The van der Waals surface area contributed by atoms with Crippen LogP contribution < -0.4 is 5.32 Å². The highest BCUT2D eigenvalue weighted by Gasteiger charge is 2.58. The maximum absolute atomic E-state index is 13.2. The Hall–Kier alpha value is -1.44. The summed E-state index contributed by atoms with van der Waals surface area (Å²) in [4.78, 5) is 17.7. The zero-order chi connectivity index (χ0) is 20.0. The fourth-order valence-corrected chi connectivity index (χ4v) is 5.71. The molecule has 2 aliphatic heterocycles. The molecule has 0 radical (unpaired) electrons. The molecule has 1 saturated carbocycles. The second-order valence-corrected chi connectivity index (χ2v) is 9.83. The molecule has 1 unspecified atom stereocenters. The number of aliphatic imine (C=N–C) groups is 1. The quantitative estimate of drug-likeness (QED) is 0.818. The molecular formula is C21H27FN2O3S. The van der Waals surface area contributed by atoms with E-state index in [2.05, 4.69) is 12.2 Å². The maximum Gasteiger partial charge on any atom is 0.242 e. The number of ether oxygens (including phenoxy) is 2. The molecule has 152 valence electrons. The van der Waals surface area contributed by atoms with Gasteiger partial charge in [0.1, 0.15) is 10.6 Å². The van der Waals surface area contributed by atoms with E-state index >= 15 is 0 Å². The van der Waals surface area contributed by atoms with Crippen molar-refractivity contribution in [1.29, 1.82) is 0 Å². The van der Waals surface area contributed by atoms with Gasteiger partial charge in [0.2, 0.25) is 5.91 Å². The highest BCUT2D eigenvalue weighted by atomic mass is 32.2. The van der Waals surface area contributed by atoms with Gasteiger partial charge in [0.15, 0.2) is 11.0 Å². The molecule has 1 N–H and O–H groups in total. The lowest BCUT2D eigenvalue weighted by Gasteiger charge is -2.48. The topological polar surface area (TPSA) is 59.9 Å². The van der Waals surface area contributed by atoms with Crippen molar-refractivity contribution < 1.29 is 18.7 Å². The molecule has 1 aromatic carbocycles. The summed E-state index contributed by atoms with van der Waals surface area (Å²) in [5.74, 6) is -0.698. The van der Waals surface area contributed by atoms with Crippen molar-refractivity contribution in [2.45, 2.75) is 63.0 Å². The van der Waals surface area contributed by atoms with Gasteiger partial charge in [0, 0.05) is 12.8 Å². The lowest BCUT2D eigenvalue weighted by atomic mass is 9.65. The van der Waals surface area contributed by atoms with Crippen molar-refractivity contribution in [3.05, 3.63) is 35.6 Å². The number of carbonyl (C=O) groups is 1. The second-order valence-electron chi connectivity index (χ2n) is 8.42. The largest absolute Gasteiger partial charge is 0.348 e. The van der Waals surface area contributed by atoms with Crippen LogP contribution in [0.3, 0.4) is 0 Å². The number of benzene rings is 1. The van der Waals surface area contributed by atoms with E-state index in [4.69, 9.17) is 14.5 Å². The zero-order valence-corrected chi connectivity index (χ0v) is 17.4. The summed E-state index contributed by atoms with van der Waals surface area (Å²) in [7, 11) is 0. The lowest BCUT2D eigenvalue weighted by molar-refractivity contribution is -0.193. The van der Waals surface area contributed by atoms with Crippen LogP contribution in [0.5, 0.6) is 0 Å². The molecule has 28 heavy (non-hydrogen) atoms. The van der Waals surface area contributed by atoms with Crippen molar-refractivity contribution in [2.24, 2.45) is 10.4 Å². The van der Waals surface area contributed by atoms with E-state index in [-0.39, 0.29) is 23.2 Å². The molecule has 1 spiro atoms. The van der Waals surface area contributed by atoms with Crippen molar-refractivity contribution in [3.8, 4) is 0 Å². The molecule has 1 amide bonds. The zero-order valence-electron chi connectivity index (χ0n) is 16.6. The molecule has 0 bridgehead atoms. The average Bonchev–Trinajstić information content (AvgIpc) is 3.24. The van der Waals surface area contributed by atoms with Gasteiger partial charge in [-0.3, -0.25) is 9.79 Å². The van der Waals surface area contributed by atoms with E-state index < -0.39 is 10.5 Å². The van der Waals surface area contributed by atoms with Gasteiger partial charge in [-0.25, -0.2) is 4.39 Å². The smallest absolute Gasteiger partial charge is 0.242 e. The van der Waals surface area contributed by atoms with Crippen LogP contribution in [0.4, 0.5) is 4.39 Å². The molecule has 3 aliphatic rings. The van der Waals surface area contributed by atoms with Crippen LogP contribution in [0.15, 0.2) is 29.3 Å². The van der Waals surface area contributed by atoms with Gasteiger partial charge in [-0.15, -0.1) is 0 Å². The Balaban J connectivity index is 1.49. The number of amidine groups is 1. The minimum absolute atomic E-state index is 0.00858. The van der Waals surface area contributed by atoms with E-state index in [0.717, 1.165) is 31.2 Å². The third kappa shape index (κ3) is 3.37. The fourth-order valence-electron chi connectivity index (χ4n) is 4.37. The molecule has 2 atom stereocenters. The Morgan fingerprint density at radius 2 is 1.71 bits per heavy atom. The highest BCUT2D eigenvalue weighted by molar-refractivity contribution is 8.16. The minimum atomic E-state index is -0.589. The number of nitrogens with one attached hydrogen (secondary N) is 1. The average molecular weight is 407 g/mol. The van der Waals surface area contributed by atoms with E-state index in [9.17, 15) is 9.18 Å². The van der Waals surface area contributed by atoms with Gasteiger partial charge in [-0.2, -0.15) is 0 Å². The fraction of sp³-hybridized carbons (Fsp3) is 0.619. The second kappa shape index (κ2) is 7.11. The van der Waals surface area contributed by atoms with Crippen LogP contribution >= 0.6 is 11.8 Å². The Kier molecular flexibility index (Phi) is 5.04. The summed E-state index contributed by atoms with van der Waals surface area (Å²) in [6.07, 6.45) is 3.35. The molecule has 1 aromatic rings. The number of halogens is 1. The van der Waals surface area contributed by atoms with Gasteiger partial charge in [0.05, 0.1) is 19.3 Å². The van der Waals surface area contributed by atoms with E-state index in [1.807, 2.05) is 13.8 Å². The number of amides is 1. The summed E-state index contributed by atoms with van der Waals surface area (Å²) in [6, 6.07) is 6.17. The van der Waals surface area contributed by atoms with Crippen LogP contribution in [0.1, 0.15) is 58.1 Å². The van der Waals surface area contributed by atoms with Gasteiger partial charge in [-0.1, -0.05) is 30.8 Å². The van der Waals surface area contributed by atoms with Crippen molar-refractivity contribution in [1.82, 2.24) is 5.32 Å². The normalized spacial score (nSPS) is 31.3. The van der Waals surface area contributed by atoms with Crippen LogP contribution in [-0.4, -0.2) is 34.8 Å². The first-order chi connectivity index (χ1) is 13.3. The number of rotatable bonds is 3. The SMILES string of the molecule is C[C@H](N=C1NC(=O)C(C)(C2(C)CCC3(CC2)OCCO3)S1)c1ccc(F)cc1. The molecule has 2 heterocycles. The predicted octanol–water partition coefficient (Wildman–Crippen LogP) is 4.19. The standard InChI is InChI=1S/C21H27FN2O3S/c1-14(15-4-6-16(22)7-5-15)23-18-24-17(25)20(3,28-18)19(2)8-10-21(11-9-19)26-12-13-27-21/h4-7,14H,8-13H2,1-3H3,(H,23,24,25)/t14-,20?/m0/s1. The van der Waals surface area contributed by atoms with Crippen molar-refractivity contribution in [3.63, 3.8) is 0 Å². The van der Waals surface area contributed by atoms with Crippen LogP contribution in [0, 0.1) is 11.2 Å².